The van der Waals surface area contributed by atoms with Gasteiger partial charge in [-0.2, -0.15) is 0 Å². The summed E-state index contributed by atoms with van der Waals surface area (Å²) in [6, 6.07) is 8.77. The number of rotatable bonds is 4. The van der Waals surface area contributed by atoms with Crippen molar-refractivity contribution in [3.8, 4) is 0 Å². The number of halogens is 2. The molecule has 2 amide bonds. The molecule has 2 aliphatic rings. The third kappa shape index (κ3) is 4.29. The summed E-state index contributed by atoms with van der Waals surface area (Å²) in [4.78, 5) is 36.8. The monoisotopic (exact) mass is 491 g/mol. The van der Waals surface area contributed by atoms with Crippen LogP contribution in [-0.2, 0) is 11.2 Å². The first-order valence-corrected chi connectivity index (χ1v) is 12.0. The van der Waals surface area contributed by atoms with E-state index in [4.69, 9.17) is 0 Å². The van der Waals surface area contributed by atoms with E-state index in [0.29, 0.717) is 48.6 Å². The van der Waals surface area contributed by atoms with E-state index in [1.807, 2.05) is 23.1 Å². The van der Waals surface area contributed by atoms with Crippen LogP contribution in [0.1, 0.15) is 53.4 Å². The number of aryl methyl sites for hydroxylation is 1. The second-order valence-corrected chi connectivity index (χ2v) is 9.05. The first-order chi connectivity index (χ1) is 17.4. The van der Waals surface area contributed by atoms with Crippen LogP contribution in [0.2, 0.25) is 0 Å². The molecule has 4 heterocycles. The lowest BCUT2D eigenvalue weighted by atomic mass is 9.89. The van der Waals surface area contributed by atoms with Gasteiger partial charge in [0.15, 0.2) is 5.82 Å². The number of anilines is 2. The normalized spacial score (nSPS) is 15.6. The third-order valence-corrected chi connectivity index (χ3v) is 6.89. The average Bonchev–Trinajstić information content (AvgIpc) is 2.90. The molecule has 0 aliphatic carbocycles. The quantitative estimate of drug-likeness (QED) is 0.575. The molecule has 0 bridgehead atoms. The van der Waals surface area contributed by atoms with Crippen molar-refractivity contribution < 1.29 is 18.4 Å². The van der Waals surface area contributed by atoms with Crippen molar-refractivity contribution in [2.45, 2.75) is 32.6 Å². The van der Waals surface area contributed by atoms with Gasteiger partial charge in [0, 0.05) is 56.4 Å². The number of pyridine rings is 2. The van der Waals surface area contributed by atoms with Gasteiger partial charge in [-0.3, -0.25) is 14.6 Å². The number of carbonyl (C=O) groups excluding carboxylic acids is 2. The van der Waals surface area contributed by atoms with Gasteiger partial charge in [0.05, 0.1) is 0 Å². The number of nitrogens with one attached hydrogen (secondary N) is 1. The molecule has 36 heavy (non-hydrogen) atoms. The summed E-state index contributed by atoms with van der Waals surface area (Å²) in [6.45, 7) is 3.02. The fraction of sp³-hybridized carbons (Fsp3) is 0.333. The van der Waals surface area contributed by atoms with Gasteiger partial charge >= 0.3 is 0 Å². The first-order valence-electron chi connectivity index (χ1n) is 12.0. The van der Waals surface area contributed by atoms with Gasteiger partial charge < -0.3 is 15.1 Å². The van der Waals surface area contributed by atoms with E-state index in [0.717, 1.165) is 29.4 Å². The highest BCUT2D eigenvalue weighted by Crippen LogP contribution is 2.41. The van der Waals surface area contributed by atoms with Gasteiger partial charge in [-0.15, -0.1) is 0 Å². The highest BCUT2D eigenvalue weighted by molar-refractivity contribution is 6.00. The molecule has 0 spiro atoms. The zero-order valence-electron chi connectivity index (χ0n) is 20.2. The van der Waals surface area contributed by atoms with Crippen molar-refractivity contribution in [3.05, 3.63) is 65.0 Å². The van der Waals surface area contributed by atoms with Crippen LogP contribution in [0.15, 0.2) is 42.6 Å². The highest BCUT2D eigenvalue weighted by Gasteiger charge is 2.28. The molecule has 0 fully saturated rings. The van der Waals surface area contributed by atoms with Gasteiger partial charge in [-0.25, -0.2) is 13.8 Å². The van der Waals surface area contributed by atoms with Crippen LogP contribution in [0, 0.1) is 0 Å². The average molecular weight is 492 g/mol. The second-order valence-electron chi connectivity index (χ2n) is 9.05. The molecule has 0 saturated carbocycles. The number of aromatic nitrogens is 2. The number of fused-ring (bicyclic) bond motifs is 2. The van der Waals surface area contributed by atoms with Crippen LogP contribution in [-0.4, -0.2) is 53.4 Å². The van der Waals surface area contributed by atoms with Crippen molar-refractivity contribution in [1.29, 1.82) is 0 Å². The molecule has 2 aliphatic heterocycles. The maximum atomic E-state index is 14.4. The Morgan fingerprint density at radius 1 is 1.14 bits per heavy atom. The van der Waals surface area contributed by atoms with Crippen LogP contribution in [0.4, 0.5) is 20.3 Å². The first kappa shape index (κ1) is 23.8. The minimum absolute atomic E-state index is 0.0206. The van der Waals surface area contributed by atoms with Gasteiger partial charge in [-0.05, 0) is 60.2 Å². The maximum absolute atomic E-state index is 14.4. The van der Waals surface area contributed by atoms with E-state index >= 15 is 0 Å². The molecule has 0 atom stereocenters. The minimum Gasteiger partial charge on any atom is -0.354 e. The summed E-state index contributed by atoms with van der Waals surface area (Å²) in [6.07, 6.45) is 2.96. The Morgan fingerprint density at radius 2 is 1.97 bits per heavy atom. The Kier molecular flexibility index (Phi) is 6.38. The van der Waals surface area contributed by atoms with Crippen LogP contribution in [0.3, 0.4) is 0 Å². The minimum atomic E-state index is -2.67. The molecule has 7 nitrogen and oxygen atoms in total. The summed E-state index contributed by atoms with van der Waals surface area (Å²) in [5.41, 5.74) is 3.82. The summed E-state index contributed by atoms with van der Waals surface area (Å²) < 4.78 is 28.7. The Labute approximate surface area is 207 Å². The lowest BCUT2D eigenvalue weighted by molar-refractivity contribution is -0.128. The second kappa shape index (κ2) is 9.64. The van der Waals surface area contributed by atoms with Crippen LogP contribution in [0.25, 0.3) is 16.5 Å². The Hall–Kier alpha value is -3.88. The highest BCUT2D eigenvalue weighted by atomic mass is 19.3. The topological polar surface area (TPSA) is 78.4 Å². The van der Waals surface area contributed by atoms with Gasteiger partial charge in [-0.1, -0.05) is 12.1 Å². The molecule has 186 valence electrons. The van der Waals surface area contributed by atoms with E-state index < -0.39 is 6.43 Å². The predicted octanol–water partition coefficient (Wildman–Crippen LogP) is 4.65. The van der Waals surface area contributed by atoms with Crippen LogP contribution < -0.4 is 10.2 Å². The van der Waals surface area contributed by atoms with E-state index in [-0.39, 0.29) is 23.1 Å². The van der Waals surface area contributed by atoms with E-state index in [2.05, 4.69) is 15.3 Å². The molecule has 5 rings (SSSR count). The molecule has 1 aromatic carbocycles. The van der Waals surface area contributed by atoms with E-state index in [9.17, 15) is 18.4 Å². The molecule has 0 saturated heterocycles. The Bertz CT molecular complexity index is 1390. The van der Waals surface area contributed by atoms with Gasteiger partial charge in [0.1, 0.15) is 11.2 Å². The standard InChI is InChI=1S/C27H27F2N5O2/c1-16(35)33-11-7-17(8-12-33)20-13-18-6-4-10-34(23(18)15-21(20)25(28)29)26-24-19(5-3-9-31-24)14-22(32-26)27(36)30-2/h3,5,7,9,13-15,25H,4,6,8,10-12H2,1-2H3,(H,30,36). The number of carbonyl (C=O) groups is 2. The third-order valence-electron chi connectivity index (χ3n) is 6.89. The lowest BCUT2D eigenvalue weighted by Gasteiger charge is -2.33. The van der Waals surface area contributed by atoms with Crippen LogP contribution >= 0.6 is 0 Å². The van der Waals surface area contributed by atoms with Crippen molar-refractivity contribution in [3.63, 3.8) is 0 Å². The SMILES string of the molecule is CNC(=O)c1cc2cccnc2c(N2CCCc3cc(C4=CCN(C(C)=O)CC4)c(C(F)F)cc32)n1. The maximum Gasteiger partial charge on any atom is 0.269 e. The molecular weight excluding hydrogens is 464 g/mol. The number of benzene rings is 1. The number of hydrogen-bond acceptors (Lipinski definition) is 5. The number of hydrogen-bond donors (Lipinski definition) is 1. The smallest absolute Gasteiger partial charge is 0.269 e. The lowest BCUT2D eigenvalue weighted by Crippen LogP contribution is -2.32. The number of nitrogens with zero attached hydrogens (tertiary/aromatic N) is 4. The summed E-state index contributed by atoms with van der Waals surface area (Å²) in [5.74, 6) is 0.133. The summed E-state index contributed by atoms with van der Waals surface area (Å²) in [7, 11) is 1.54. The zero-order valence-corrected chi connectivity index (χ0v) is 20.2. The molecule has 9 heteroatoms. The summed E-state index contributed by atoms with van der Waals surface area (Å²) >= 11 is 0. The van der Waals surface area contributed by atoms with Gasteiger partial charge in [0.2, 0.25) is 5.91 Å². The van der Waals surface area contributed by atoms with Crippen LogP contribution in [0.5, 0.6) is 0 Å². The van der Waals surface area contributed by atoms with Crippen molar-refractivity contribution in [2.24, 2.45) is 0 Å². The van der Waals surface area contributed by atoms with E-state index in [1.54, 1.807) is 36.3 Å². The molecule has 2 aromatic heterocycles. The molecule has 0 radical (unpaired) electrons. The molecule has 3 aromatic rings. The largest absolute Gasteiger partial charge is 0.354 e. The van der Waals surface area contributed by atoms with Crippen molar-refractivity contribution in [2.75, 3.05) is 31.6 Å². The van der Waals surface area contributed by atoms with E-state index in [1.165, 1.54) is 6.92 Å². The van der Waals surface area contributed by atoms with Gasteiger partial charge in [0.25, 0.3) is 12.3 Å². The van der Waals surface area contributed by atoms with Crippen molar-refractivity contribution in [1.82, 2.24) is 20.2 Å². The fourth-order valence-electron chi connectivity index (χ4n) is 5.03. The van der Waals surface area contributed by atoms with Crippen molar-refractivity contribution >= 4 is 39.8 Å². The Balaban J connectivity index is 1.63. The molecule has 1 N–H and O–H groups in total. The number of alkyl halides is 2. The molecule has 0 unspecified atom stereocenters. The Morgan fingerprint density at radius 3 is 2.67 bits per heavy atom. The summed E-state index contributed by atoms with van der Waals surface area (Å²) in [5, 5.41) is 3.35. The fourth-order valence-corrected chi connectivity index (χ4v) is 5.03. The zero-order chi connectivity index (χ0) is 25.4. The predicted molar refractivity (Wildman–Crippen MR) is 135 cm³/mol. The number of amides is 2. The molecular formula is C27H27F2N5O2.